The van der Waals surface area contributed by atoms with Gasteiger partial charge in [0.25, 0.3) is 0 Å². The molecule has 0 saturated heterocycles. The fourth-order valence-corrected chi connectivity index (χ4v) is 5.78. The number of nitrogens with one attached hydrogen (secondary N) is 1. The van der Waals surface area contributed by atoms with Crippen LogP contribution in [0.5, 0.6) is 5.75 Å². The maximum absolute atomic E-state index is 6.09. The molecule has 1 N–H and O–H groups in total. The van der Waals surface area contributed by atoms with E-state index in [0.717, 1.165) is 25.1 Å². The molecule has 188 valence electrons. The smallest absolute Gasteiger partial charge is 0.188 e. The number of aryl methyl sites for hydroxylation is 1. The summed E-state index contributed by atoms with van der Waals surface area (Å²) in [7, 11) is 2.29. The van der Waals surface area contributed by atoms with Gasteiger partial charge in [0.05, 0.1) is 0 Å². The molecule has 0 bridgehead atoms. The van der Waals surface area contributed by atoms with Crippen LogP contribution in [0.4, 0.5) is 0 Å². The second-order valence-electron chi connectivity index (χ2n) is 10.6. The summed E-state index contributed by atoms with van der Waals surface area (Å²) >= 11 is 0. The van der Waals surface area contributed by atoms with Crippen molar-refractivity contribution in [3.63, 3.8) is 0 Å². The summed E-state index contributed by atoms with van der Waals surface area (Å²) in [5, 5.41) is 5.05. The van der Waals surface area contributed by atoms with Gasteiger partial charge >= 0.3 is 0 Å². The van der Waals surface area contributed by atoms with Crippen LogP contribution in [0.2, 0.25) is 0 Å². The van der Waals surface area contributed by atoms with Gasteiger partial charge in [-0.05, 0) is 68.6 Å². The molecule has 3 aromatic rings. The summed E-state index contributed by atoms with van der Waals surface area (Å²) in [6, 6.07) is 24.2. The molecule has 0 saturated carbocycles. The monoisotopic (exact) mass is 491 g/mol. The van der Waals surface area contributed by atoms with Gasteiger partial charge in [-0.15, -0.1) is 0 Å². The SMILES string of the molecule is CCC(C)(Pc1ccc(C)cc1CNC(C)(C)C)c1cc(Cc2ccccc2)ccc1OCOC. The molecule has 3 aromatic carbocycles. The quantitative estimate of drug-likeness (QED) is 0.230. The fraction of sp³-hybridized carbons (Fsp3) is 0.419. The zero-order valence-corrected chi connectivity index (χ0v) is 23.5. The first kappa shape index (κ1) is 27.4. The van der Waals surface area contributed by atoms with Crippen molar-refractivity contribution in [3.05, 3.63) is 94.5 Å². The lowest BCUT2D eigenvalue weighted by molar-refractivity contribution is 0.0500. The Labute approximate surface area is 214 Å². The molecule has 0 spiro atoms. The minimum absolute atomic E-state index is 0.0541. The molecule has 0 fully saturated rings. The first-order chi connectivity index (χ1) is 16.6. The van der Waals surface area contributed by atoms with Crippen LogP contribution in [-0.2, 0) is 22.9 Å². The first-order valence-electron chi connectivity index (χ1n) is 12.6. The van der Waals surface area contributed by atoms with E-state index in [9.17, 15) is 0 Å². The molecule has 2 atom stereocenters. The van der Waals surface area contributed by atoms with E-state index in [2.05, 4.69) is 114 Å². The molecule has 3 nitrogen and oxygen atoms in total. The minimum atomic E-state index is -0.0541. The van der Waals surface area contributed by atoms with Crippen LogP contribution in [0.1, 0.15) is 68.9 Å². The number of hydrogen-bond acceptors (Lipinski definition) is 3. The van der Waals surface area contributed by atoms with E-state index in [0.29, 0.717) is 8.58 Å². The van der Waals surface area contributed by atoms with Crippen LogP contribution >= 0.6 is 8.58 Å². The Morgan fingerprint density at radius 2 is 1.63 bits per heavy atom. The standard InChI is InChI=1S/C31H42NO2P/c1-8-31(6,35-29-17-14-23(2)18-26(29)21-32-30(3,4)5)27-20-25(15-16-28(27)34-22-33-7)19-24-12-10-9-11-13-24/h9-18,20,32,35H,8,19,21-22H2,1-7H3. The van der Waals surface area contributed by atoms with Crippen LogP contribution < -0.4 is 15.4 Å². The summed E-state index contributed by atoms with van der Waals surface area (Å²) in [6.45, 7) is 14.6. The van der Waals surface area contributed by atoms with Gasteiger partial charge in [-0.2, -0.15) is 0 Å². The molecule has 2 unspecified atom stereocenters. The van der Waals surface area contributed by atoms with E-state index in [4.69, 9.17) is 9.47 Å². The summed E-state index contributed by atoms with van der Waals surface area (Å²) < 4.78 is 11.3. The Kier molecular flexibility index (Phi) is 9.53. The maximum Gasteiger partial charge on any atom is 0.188 e. The normalized spacial score (nSPS) is 13.8. The summed E-state index contributed by atoms with van der Waals surface area (Å²) in [4.78, 5) is 0. The first-order valence-corrected chi connectivity index (χ1v) is 13.6. The topological polar surface area (TPSA) is 30.5 Å². The van der Waals surface area contributed by atoms with Gasteiger partial charge in [0, 0.05) is 29.9 Å². The highest BCUT2D eigenvalue weighted by atomic mass is 31.1. The highest BCUT2D eigenvalue weighted by Crippen LogP contribution is 2.48. The van der Waals surface area contributed by atoms with Crippen molar-refractivity contribution in [3.8, 4) is 5.75 Å². The van der Waals surface area contributed by atoms with E-state index >= 15 is 0 Å². The van der Waals surface area contributed by atoms with Crippen LogP contribution in [0.3, 0.4) is 0 Å². The number of benzene rings is 3. The molecule has 3 rings (SSSR count). The largest absolute Gasteiger partial charge is 0.467 e. The molecule has 0 aliphatic rings. The molecule has 0 radical (unpaired) electrons. The Morgan fingerprint density at radius 1 is 0.886 bits per heavy atom. The van der Waals surface area contributed by atoms with E-state index in [-0.39, 0.29) is 17.5 Å². The third kappa shape index (κ3) is 7.90. The lowest BCUT2D eigenvalue weighted by Crippen LogP contribution is -2.36. The zero-order chi connectivity index (χ0) is 25.5. The second-order valence-corrected chi connectivity index (χ2v) is 12.5. The van der Waals surface area contributed by atoms with E-state index < -0.39 is 0 Å². The molecular formula is C31H42NO2P. The summed E-state index contributed by atoms with van der Waals surface area (Å²) in [5.74, 6) is 0.919. The van der Waals surface area contributed by atoms with Crippen LogP contribution in [0, 0.1) is 6.92 Å². The number of methoxy groups -OCH3 is 1. The zero-order valence-electron chi connectivity index (χ0n) is 22.5. The number of rotatable bonds is 11. The highest BCUT2D eigenvalue weighted by Gasteiger charge is 2.30. The number of ether oxygens (including phenoxy) is 2. The van der Waals surface area contributed by atoms with Gasteiger partial charge in [-0.3, -0.25) is 0 Å². The summed E-state index contributed by atoms with van der Waals surface area (Å²) in [5.41, 5.74) is 6.65. The van der Waals surface area contributed by atoms with Gasteiger partial charge < -0.3 is 14.8 Å². The third-order valence-electron chi connectivity index (χ3n) is 6.41. The lowest BCUT2D eigenvalue weighted by atomic mass is 9.93. The van der Waals surface area contributed by atoms with Crippen molar-refractivity contribution in [1.82, 2.24) is 5.32 Å². The molecule has 4 heteroatoms. The van der Waals surface area contributed by atoms with Crippen molar-refractivity contribution in [2.75, 3.05) is 13.9 Å². The van der Waals surface area contributed by atoms with Crippen LogP contribution in [0.25, 0.3) is 0 Å². The van der Waals surface area contributed by atoms with Crippen molar-refractivity contribution in [1.29, 1.82) is 0 Å². The van der Waals surface area contributed by atoms with Gasteiger partial charge in [0.2, 0.25) is 0 Å². The van der Waals surface area contributed by atoms with E-state index in [1.807, 2.05) is 0 Å². The third-order valence-corrected chi connectivity index (χ3v) is 8.34. The van der Waals surface area contributed by atoms with Gasteiger partial charge in [-0.1, -0.05) is 88.7 Å². The predicted molar refractivity (Wildman–Crippen MR) is 152 cm³/mol. The van der Waals surface area contributed by atoms with Crippen molar-refractivity contribution in [2.24, 2.45) is 0 Å². The van der Waals surface area contributed by atoms with Crippen molar-refractivity contribution in [2.45, 2.75) is 71.6 Å². The molecule has 0 aromatic heterocycles. The minimum Gasteiger partial charge on any atom is -0.467 e. The Morgan fingerprint density at radius 3 is 2.29 bits per heavy atom. The Hall–Kier alpha value is -2.19. The lowest BCUT2D eigenvalue weighted by Gasteiger charge is -2.33. The number of hydrogen-bond donors (Lipinski definition) is 1. The van der Waals surface area contributed by atoms with Gasteiger partial charge in [0.15, 0.2) is 6.79 Å². The Balaban J connectivity index is 1.99. The average Bonchev–Trinajstić information content (AvgIpc) is 2.83. The second kappa shape index (κ2) is 12.2. The van der Waals surface area contributed by atoms with Crippen LogP contribution in [-0.4, -0.2) is 19.4 Å². The highest BCUT2D eigenvalue weighted by molar-refractivity contribution is 7.48. The molecule has 0 amide bonds. The van der Waals surface area contributed by atoms with E-state index in [1.165, 1.54) is 33.1 Å². The average molecular weight is 492 g/mol. The predicted octanol–water partition coefficient (Wildman–Crippen LogP) is 7.09. The maximum atomic E-state index is 6.09. The molecule has 0 heterocycles. The molecule has 35 heavy (non-hydrogen) atoms. The van der Waals surface area contributed by atoms with Gasteiger partial charge in [0.1, 0.15) is 5.75 Å². The van der Waals surface area contributed by atoms with Crippen LogP contribution in [0.15, 0.2) is 66.7 Å². The molecule has 0 aliphatic carbocycles. The van der Waals surface area contributed by atoms with Crippen molar-refractivity contribution < 1.29 is 9.47 Å². The molecule has 0 aliphatic heterocycles. The molecular weight excluding hydrogens is 449 g/mol. The van der Waals surface area contributed by atoms with E-state index in [1.54, 1.807) is 7.11 Å². The van der Waals surface area contributed by atoms with Gasteiger partial charge in [-0.25, -0.2) is 0 Å². The fourth-order valence-electron chi connectivity index (χ4n) is 4.19. The Bertz CT molecular complexity index is 1090. The van der Waals surface area contributed by atoms with Crippen molar-refractivity contribution >= 4 is 13.9 Å². The summed E-state index contributed by atoms with van der Waals surface area (Å²) in [6.07, 6.45) is 1.93.